The lowest BCUT2D eigenvalue weighted by Crippen LogP contribution is -1.89. The highest BCUT2D eigenvalue weighted by Gasteiger charge is 2.11. The first-order chi connectivity index (χ1) is 9.67. The van der Waals surface area contributed by atoms with Crippen molar-refractivity contribution in [3.63, 3.8) is 0 Å². The number of thiazole rings is 2. The quantitative estimate of drug-likeness (QED) is 0.678. The molecule has 3 aromatic heterocycles. The minimum atomic E-state index is 0.669. The lowest BCUT2D eigenvalue weighted by Gasteiger charge is -2.01. The van der Waals surface area contributed by atoms with Gasteiger partial charge in [-0.05, 0) is 32.7 Å². The standard InChI is InChI=1S/C14H12N4S2/c1-8-4-5-10(9(2)16-8)13-17-11(6-19-13)12-7-20-14(15-3)18-12/h4-7H,3H2,1-2H3. The molecule has 0 atom stereocenters. The lowest BCUT2D eigenvalue weighted by atomic mass is 10.2. The van der Waals surface area contributed by atoms with E-state index in [0.29, 0.717) is 5.13 Å². The predicted molar refractivity (Wildman–Crippen MR) is 85.1 cm³/mol. The van der Waals surface area contributed by atoms with Gasteiger partial charge in [0.2, 0.25) is 5.13 Å². The van der Waals surface area contributed by atoms with Crippen molar-refractivity contribution < 1.29 is 0 Å². The zero-order valence-corrected chi connectivity index (χ0v) is 12.8. The molecule has 0 N–H and O–H groups in total. The zero-order chi connectivity index (χ0) is 14.1. The lowest BCUT2D eigenvalue weighted by molar-refractivity contribution is 1.12. The maximum absolute atomic E-state index is 4.65. The second kappa shape index (κ2) is 5.22. The molecule has 0 bridgehead atoms. The van der Waals surface area contributed by atoms with Crippen molar-refractivity contribution >= 4 is 34.5 Å². The van der Waals surface area contributed by atoms with Gasteiger partial charge in [-0.2, -0.15) is 0 Å². The van der Waals surface area contributed by atoms with Crippen LogP contribution in [-0.4, -0.2) is 21.7 Å². The summed E-state index contributed by atoms with van der Waals surface area (Å²) in [5, 5.41) is 5.59. The van der Waals surface area contributed by atoms with Gasteiger partial charge in [-0.25, -0.2) is 15.0 Å². The Balaban J connectivity index is 1.99. The average Bonchev–Trinajstić information content (AvgIpc) is 3.07. The summed E-state index contributed by atoms with van der Waals surface area (Å²) in [6.07, 6.45) is 0. The van der Waals surface area contributed by atoms with Crippen molar-refractivity contribution in [2.45, 2.75) is 13.8 Å². The van der Waals surface area contributed by atoms with Crippen molar-refractivity contribution in [2.24, 2.45) is 4.99 Å². The molecule has 100 valence electrons. The Morgan fingerprint density at radius 1 is 1.00 bits per heavy atom. The topological polar surface area (TPSA) is 51.0 Å². The van der Waals surface area contributed by atoms with Gasteiger partial charge < -0.3 is 0 Å². The van der Waals surface area contributed by atoms with Crippen LogP contribution in [0.15, 0.2) is 27.9 Å². The van der Waals surface area contributed by atoms with Gasteiger partial charge in [0.05, 0.1) is 0 Å². The molecule has 0 aromatic carbocycles. The summed E-state index contributed by atoms with van der Waals surface area (Å²) >= 11 is 3.07. The molecule has 3 aromatic rings. The van der Waals surface area contributed by atoms with Crippen LogP contribution in [0.3, 0.4) is 0 Å². The zero-order valence-electron chi connectivity index (χ0n) is 11.1. The van der Waals surface area contributed by atoms with Gasteiger partial charge in [-0.3, -0.25) is 4.98 Å². The smallest absolute Gasteiger partial charge is 0.209 e. The van der Waals surface area contributed by atoms with Crippen molar-refractivity contribution in [3.05, 3.63) is 34.3 Å². The fraction of sp³-hybridized carbons (Fsp3) is 0.143. The molecular weight excluding hydrogens is 288 g/mol. The van der Waals surface area contributed by atoms with Gasteiger partial charge in [-0.15, -0.1) is 22.7 Å². The van der Waals surface area contributed by atoms with Gasteiger partial charge in [0, 0.05) is 27.7 Å². The summed E-state index contributed by atoms with van der Waals surface area (Å²) < 4.78 is 0. The normalized spacial score (nSPS) is 10.7. The molecule has 0 saturated carbocycles. The van der Waals surface area contributed by atoms with E-state index in [1.807, 2.05) is 30.7 Å². The molecule has 0 aliphatic carbocycles. The van der Waals surface area contributed by atoms with E-state index in [2.05, 4.69) is 32.7 Å². The Morgan fingerprint density at radius 3 is 2.45 bits per heavy atom. The first kappa shape index (κ1) is 13.1. The summed E-state index contributed by atoms with van der Waals surface area (Å²) in [5.41, 5.74) is 4.81. The maximum Gasteiger partial charge on any atom is 0.209 e. The Bertz CT molecular complexity index is 773. The minimum Gasteiger partial charge on any atom is -0.258 e. The van der Waals surface area contributed by atoms with Crippen LogP contribution in [0.25, 0.3) is 22.0 Å². The van der Waals surface area contributed by atoms with Crippen molar-refractivity contribution in [3.8, 4) is 22.0 Å². The third-order valence-corrected chi connectivity index (χ3v) is 4.50. The number of aromatic nitrogens is 3. The monoisotopic (exact) mass is 300 g/mol. The molecule has 0 fully saturated rings. The highest BCUT2D eigenvalue weighted by atomic mass is 32.1. The highest BCUT2D eigenvalue weighted by Crippen LogP contribution is 2.32. The van der Waals surface area contributed by atoms with Crippen molar-refractivity contribution in [2.75, 3.05) is 0 Å². The number of rotatable bonds is 3. The van der Waals surface area contributed by atoms with Crippen LogP contribution < -0.4 is 0 Å². The number of hydrogen-bond donors (Lipinski definition) is 0. The molecular formula is C14H12N4S2. The number of aliphatic imine (C=N–C) groups is 1. The summed E-state index contributed by atoms with van der Waals surface area (Å²) in [4.78, 5) is 17.3. The molecule has 6 heteroatoms. The van der Waals surface area contributed by atoms with Gasteiger partial charge in [0.25, 0.3) is 0 Å². The Morgan fingerprint density at radius 2 is 1.75 bits per heavy atom. The van der Waals surface area contributed by atoms with Crippen LogP contribution in [0.2, 0.25) is 0 Å². The fourth-order valence-electron chi connectivity index (χ4n) is 1.88. The van der Waals surface area contributed by atoms with E-state index in [0.717, 1.165) is 33.3 Å². The van der Waals surface area contributed by atoms with E-state index in [1.54, 1.807) is 11.3 Å². The van der Waals surface area contributed by atoms with Crippen molar-refractivity contribution in [1.82, 2.24) is 15.0 Å². The molecule has 0 aliphatic heterocycles. The molecule has 0 radical (unpaired) electrons. The maximum atomic E-state index is 4.65. The number of hydrogen-bond acceptors (Lipinski definition) is 6. The molecule has 4 nitrogen and oxygen atoms in total. The van der Waals surface area contributed by atoms with E-state index in [1.165, 1.54) is 11.3 Å². The van der Waals surface area contributed by atoms with Crippen LogP contribution in [0.1, 0.15) is 11.4 Å². The van der Waals surface area contributed by atoms with Crippen LogP contribution >= 0.6 is 22.7 Å². The summed E-state index contributed by atoms with van der Waals surface area (Å²) in [6, 6.07) is 4.07. The van der Waals surface area contributed by atoms with E-state index < -0.39 is 0 Å². The summed E-state index contributed by atoms with van der Waals surface area (Å²) in [7, 11) is 0. The van der Waals surface area contributed by atoms with Gasteiger partial charge in [0.1, 0.15) is 16.4 Å². The van der Waals surface area contributed by atoms with Gasteiger partial charge in [0.15, 0.2) is 0 Å². The first-order valence-electron chi connectivity index (χ1n) is 6.00. The van der Waals surface area contributed by atoms with Crippen molar-refractivity contribution in [1.29, 1.82) is 0 Å². The molecule has 0 spiro atoms. The SMILES string of the molecule is C=Nc1nc(-c2csc(-c3ccc(C)nc3C)n2)cs1. The summed E-state index contributed by atoms with van der Waals surface area (Å²) in [6.45, 7) is 7.48. The van der Waals surface area contributed by atoms with E-state index in [4.69, 9.17) is 0 Å². The number of aryl methyl sites for hydroxylation is 2. The number of nitrogens with zero attached hydrogens (tertiary/aromatic N) is 4. The Kier molecular flexibility index (Phi) is 3.42. The average molecular weight is 300 g/mol. The molecule has 0 saturated heterocycles. The summed E-state index contributed by atoms with van der Waals surface area (Å²) in [5.74, 6) is 0. The van der Waals surface area contributed by atoms with Crippen LogP contribution in [0.4, 0.5) is 5.13 Å². The largest absolute Gasteiger partial charge is 0.258 e. The number of pyridine rings is 1. The second-order valence-corrected chi connectivity index (χ2v) is 5.99. The van der Waals surface area contributed by atoms with Gasteiger partial charge >= 0.3 is 0 Å². The second-order valence-electron chi connectivity index (χ2n) is 4.30. The van der Waals surface area contributed by atoms with E-state index in [-0.39, 0.29) is 0 Å². The minimum absolute atomic E-state index is 0.669. The van der Waals surface area contributed by atoms with Crippen LogP contribution in [-0.2, 0) is 0 Å². The third kappa shape index (κ3) is 2.39. The molecule has 3 rings (SSSR count). The van der Waals surface area contributed by atoms with Gasteiger partial charge in [-0.1, -0.05) is 0 Å². The van der Waals surface area contributed by atoms with E-state index >= 15 is 0 Å². The Hall–Kier alpha value is -1.92. The fourth-order valence-corrected chi connectivity index (χ4v) is 3.39. The molecule has 3 heterocycles. The first-order valence-corrected chi connectivity index (χ1v) is 7.76. The van der Waals surface area contributed by atoms with Crippen LogP contribution in [0.5, 0.6) is 0 Å². The molecule has 0 unspecified atom stereocenters. The molecule has 0 amide bonds. The third-order valence-electron chi connectivity index (χ3n) is 2.85. The highest BCUT2D eigenvalue weighted by molar-refractivity contribution is 7.14. The molecule has 0 aliphatic rings. The Labute approximate surface area is 124 Å². The molecule has 20 heavy (non-hydrogen) atoms. The predicted octanol–water partition coefficient (Wildman–Crippen LogP) is 4.28. The van der Waals surface area contributed by atoms with E-state index in [9.17, 15) is 0 Å². The van der Waals surface area contributed by atoms with Crippen LogP contribution in [0, 0.1) is 13.8 Å².